The monoisotopic (exact) mass is 558 g/mol. The number of rotatable bonds is 4. The van der Waals surface area contributed by atoms with E-state index in [1.165, 1.54) is 20.2 Å². The van der Waals surface area contributed by atoms with Gasteiger partial charge in [0.05, 0.1) is 5.39 Å². The summed E-state index contributed by atoms with van der Waals surface area (Å²) in [5, 5.41) is 4.48. The Bertz CT molecular complexity index is 2420. The van der Waals surface area contributed by atoms with Crippen LogP contribution in [0.5, 0.6) is 0 Å². The summed E-state index contributed by atoms with van der Waals surface area (Å²) in [7, 11) is 0. The molecule has 0 aliphatic carbocycles. The van der Waals surface area contributed by atoms with Gasteiger partial charge in [0.15, 0.2) is 5.58 Å². The van der Waals surface area contributed by atoms with Crippen LogP contribution in [0, 0.1) is 0 Å². The maximum Gasteiger partial charge on any atom is 0.227 e. The lowest BCUT2D eigenvalue weighted by atomic mass is 10.1. The Morgan fingerprint density at radius 3 is 2.07 bits per heavy atom. The van der Waals surface area contributed by atoms with Crippen LogP contribution in [0.25, 0.3) is 64.7 Å². The average Bonchev–Trinajstić information content (AvgIpc) is 3.75. The van der Waals surface area contributed by atoms with Crippen molar-refractivity contribution in [1.29, 1.82) is 0 Å². The molecule has 0 amide bonds. The van der Waals surface area contributed by atoms with Gasteiger partial charge in [-0.3, -0.25) is 0 Å². The molecule has 0 bridgehead atoms. The maximum atomic E-state index is 6.40. The predicted molar refractivity (Wildman–Crippen MR) is 174 cm³/mol. The molecule has 0 spiro atoms. The van der Waals surface area contributed by atoms with Crippen molar-refractivity contribution in [2.24, 2.45) is 0 Å². The molecule has 9 rings (SSSR count). The molecule has 0 N–H and O–H groups in total. The number of furan rings is 1. The third kappa shape index (κ3) is 3.57. The van der Waals surface area contributed by atoms with Gasteiger partial charge in [0, 0.05) is 48.2 Å². The molecule has 9 aromatic rings. The van der Waals surface area contributed by atoms with Gasteiger partial charge in [0.2, 0.25) is 5.89 Å². The van der Waals surface area contributed by atoms with Crippen LogP contribution >= 0.6 is 11.3 Å². The van der Waals surface area contributed by atoms with Gasteiger partial charge >= 0.3 is 0 Å². The Labute approximate surface area is 244 Å². The Balaban J connectivity index is 1.27. The summed E-state index contributed by atoms with van der Waals surface area (Å²) < 4.78 is 15.3. The van der Waals surface area contributed by atoms with Crippen LogP contribution in [0.3, 0.4) is 0 Å². The van der Waals surface area contributed by atoms with Gasteiger partial charge in [-0.1, -0.05) is 54.6 Å². The van der Waals surface area contributed by atoms with Crippen LogP contribution in [0.1, 0.15) is 0 Å². The number of aromatic nitrogens is 1. The van der Waals surface area contributed by atoms with Gasteiger partial charge in [0.25, 0.3) is 0 Å². The van der Waals surface area contributed by atoms with Gasteiger partial charge in [-0.05, 0) is 78.9 Å². The van der Waals surface area contributed by atoms with Crippen LogP contribution in [-0.2, 0) is 0 Å². The SMILES string of the molecule is c1ccc(-c2nc3ccc4oc5ccc(N(c6ccccc6)c6ccc7sc8ccccc8c7c6)cc5c4c3o2)cc1. The quantitative estimate of drug-likeness (QED) is 0.215. The number of benzene rings is 6. The molecule has 0 saturated heterocycles. The first-order chi connectivity index (χ1) is 20.8. The first kappa shape index (κ1) is 23.3. The molecular formula is C37H22N2O2S. The summed E-state index contributed by atoms with van der Waals surface area (Å²) in [4.78, 5) is 7.11. The largest absolute Gasteiger partial charge is 0.456 e. The normalized spacial score (nSPS) is 11.8. The minimum atomic E-state index is 0.603. The molecule has 4 nitrogen and oxygen atoms in total. The van der Waals surface area contributed by atoms with Crippen molar-refractivity contribution in [2.75, 3.05) is 4.90 Å². The lowest BCUT2D eigenvalue weighted by Gasteiger charge is -2.25. The number of thiophene rings is 1. The summed E-state index contributed by atoms with van der Waals surface area (Å²) >= 11 is 1.83. The third-order valence-corrected chi connectivity index (χ3v) is 9.04. The van der Waals surface area contributed by atoms with Crippen LogP contribution in [0.2, 0.25) is 0 Å². The van der Waals surface area contributed by atoms with E-state index < -0.39 is 0 Å². The molecule has 3 aromatic heterocycles. The molecule has 3 heterocycles. The maximum absolute atomic E-state index is 6.40. The molecule has 6 aromatic carbocycles. The zero-order valence-corrected chi connectivity index (χ0v) is 23.1. The van der Waals surface area contributed by atoms with E-state index in [2.05, 4.69) is 95.9 Å². The lowest BCUT2D eigenvalue weighted by molar-refractivity contribution is 0.622. The molecule has 0 saturated carbocycles. The number of hydrogen-bond acceptors (Lipinski definition) is 5. The van der Waals surface area contributed by atoms with E-state index in [0.29, 0.717) is 5.89 Å². The molecule has 198 valence electrons. The molecule has 0 atom stereocenters. The first-order valence-electron chi connectivity index (χ1n) is 13.9. The number of anilines is 3. The molecule has 0 aliphatic rings. The minimum absolute atomic E-state index is 0.603. The van der Waals surface area contributed by atoms with E-state index in [9.17, 15) is 0 Å². The fourth-order valence-corrected chi connectivity index (χ4v) is 7.04. The summed E-state index contributed by atoms with van der Waals surface area (Å²) in [6, 6.07) is 46.2. The number of para-hydroxylation sites is 1. The first-order valence-corrected chi connectivity index (χ1v) is 14.7. The van der Waals surface area contributed by atoms with E-state index >= 15 is 0 Å². The Hall–Kier alpha value is -5.39. The van der Waals surface area contributed by atoms with Crippen LogP contribution in [-0.4, -0.2) is 4.98 Å². The highest BCUT2D eigenvalue weighted by Gasteiger charge is 2.20. The second-order valence-corrected chi connectivity index (χ2v) is 11.5. The number of nitrogens with zero attached hydrogens (tertiary/aromatic N) is 2. The second-order valence-electron chi connectivity index (χ2n) is 10.4. The van der Waals surface area contributed by atoms with Crippen molar-refractivity contribution < 1.29 is 8.83 Å². The highest BCUT2D eigenvalue weighted by atomic mass is 32.1. The summed E-state index contributed by atoms with van der Waals surface area (Å²) in [6.07, 6.45) is 0. The van der Waals surface area contributed by atoms with Crippen molar-refractivity contribution in [1.82, 2.24) is 4.98 Å². The van der Waals surface area contributed by atoms with E-state index in [0.717, 1.165) is 55.7 Å². The average molecular weight is 559 g/mol. The zero-order chi connectivity index (χ0) is 27.6. The highest BCUT2D eigenvalue weighted by molar-refractivity contribution is 7.25. The van der Waals surface area contributed by atoms with E-state index in [1.807, 2.05) is 53.8 Å². The Morgan fingerprint density at radius 2 is 1.21 bits per heavy atom. The fraction of sp³-hybridized carbons (Fsp3) is 0. The smallest absolute Gasteiger partial charge is 0.227 e. The second kappa shape index (κ2) is 9.06. The van der Waals surface area contributed by atoms with Crippen molar-refractivity contribution in [3.05, 3.63) is 133 Å². The Kier molecular flexibility index (Phi) is 5.03. The van der Waals surface area contributed by atoms with Gasteiger partial charge in [-0.25, -0.2) is 4.98 Å². The van der Waals surface area contributed by atoms with Crippen molar-refractivity contribution in [3.63, 3.8) is 0 Å². The van der Waals surface area contributed by atoms with Gasteiger partial charge in [-0.2, -0.15) is 0 Å². The van der Waals surface area contributed by atoms with Crippen molar-refractivity contribution in [3.8, 4) is 11.5 Å². The van der Waals surface area contributed by atoms with E-state index in [1.54, 1.807) is 0 Å². The van der Waals surface area contributed by atoms with Crippen LogP contribution in [0.4, 0.5) is 17.1 Å². The summed E-state index contributed by atoms with van der Waals surface area (Å²) in [6.45, 7) is 0. The number of fused-ring (bicyclic) bond motifs is 8. The fourth-order valence-electron chi connectivity index (χ4n) is 5.96. The minimum Gasteiger partial charge on any atom is -0.456 e. The summed E-state index contributed by atoms with van der Waals surface area (Å²) in [5.41, 5.74) is 7.30. The molecule has 42 heavy (non-hydrogen) atoms. The lowest BCUT2D eigenvalue weighted by Crippen LogP contribution is -2.09. The molecule has 5 heteroatoms. The van der Waals surface area contributed by atoms with E-state index in [-0.39, 0.29) is 0 Å². The third-order valence-electron chi connectivity index (χ3n) is 7.88. The standard InChI is InChI=1S/C37H22N2O2S/c1-3-9-23(10-4-1)37-38-30-17-19-32-35(36(30)41-37)29-22-25(15-18-31(29)40-32)39(24-11-5-2-6-12-24)26-16-20-34-28(21-26)27-13-7-8-14-33(27)42-34/h1-22H. The van der Waals surface area contributed by atoms with Crippen LogP contribution in [0.15, 0.2) is 142 Å². The van der Waals surface area contributed by atoms with Crippen molar-refractivity contribution >= 4 is 81.6 Å². The van der Waals surface area contributed by atoms with E-state index in [4.69, 9.17) is 13.8 Å². The highest BCUT2D eigenvalue weighted by Crippen LogP contribution is 2.43. The molecular weight excluding hydrogens is 536 g/mol. The number of oxazole rings is 1. The zero-order valence-electron chi connectivity index (χ0n) is 22.3. The van der Waals surface area contributed by atoms with Gasteiger partial charge in [-0.15, -0.1) is 11.3 Å². The molecule has 0 unspecified atom stereocenters. The van der Waals surface area contributed by atoms with Gasteiger partial charge in [0.1, 0.15) is 16.7 Å². The molecule has 0 radical (unpaired) electrons. The Morgan fingerprint density at radius 1 is 0.524 bits per heavy atom. The van der Waals surface area contributed by atoms with Gasteiger partial charge < -0.3 is 13.7 Å². The molecule has 0 fully saturated rings. The predicted octanol–water partition coefficient (Wildman–Crippen LogP) is 11.2. The van der Waals surface area contributed by atoms with Crippen LogP contribution < -0.4 is 4.90 Å². The number of hydrogen-bond donors (Lipinski definition) is 0. The topological polar surface area (TPSA) is 42.4 Å². The summed E-state index contributed by atoms with van der Waals surface area (Å²) in [5.74, 6) is 0.603. The molecule has 0 aliphatic heterocycles. The van der Waals surface area contributed by atoms with Crippen molar-refractivity contribution in [2.45, 2.75) is 0 Å².